The van der Waals surface area contributed by atoms with Gasteiger partial charge in [0.15, 0.2) is 0 Å². The second kappa shape index (κ2) is 3.54. The van der Waals surface area contributed by atoms with Crippen molar-refractivity contribution in [2.24, 2.45) is 5.92 Å². The Balaban J connectivity index is 1.96. The van der Waals surface area contributed by atoms with Gasteiger partial charge in [-0.05, 0) is 30.0 Å². The highest BCUT2D eigenvalue weighted by Crippen LogP contribution is 2.41. The van der Waals surface area contributed by atoms with Gasteiger partial charge in [-0.3, -0.25) is 0 Å². The third kappa shape index (κ3) is 1.31. The molecule has 0 aliphatic carbocycles. The largest absolute Gasteiger partial charge is 0.379 e. The molecule has 86 valence electrons. The molecule has 1 aromatic rings. The summed E-state index contributed by atoms with van der Waals surface area (Å²) in [6.45, 7) is 5.50. The lowest BCUT2D eigenvalue weighted by atomic mass is 9.66. The lowest BCUT2D eigenvalue weighted by Gasteiger charge is -2.51. The maximum absolute atomic E-state index is 13.3. The Bertz CT molecular complexity index is 410. The van der Waals surface area contributed by atoms with Crippen molar-refractivity contribution in [1.82, 2.24) is 5.32 Å². The Morgan fingerprint density at radius 3 is 2.56 bits per heavy atom. The average molecular weight is 221 g/mol. The molecule has 2 fully saturated rings. The summed E-state index contributed by atoms with van der Waals surface area (Å²) in [6, 6.07) is 5.48. The molecular weight excluding hydrogens is 205 g/mol. The number of nitrogens with one attached hydrogen (secondary N) is 1. The fourth-order valence-electron chi connectivity index (χ4n) is 2.59. The molecule has 16 heavy (non-hydrogen) atoms. The Morgan fingerprint density at radius 1 is 1.38 bits per heavy atom. The van der Waals surface area contributed by atoms with Gasteiger partial charge < -0.3 is 10.1 Å². The number of hydrogen-bond acceptors (Lipinski definition) is 2. The minimum Gasteiger partial charge on any atom is -0.379 e. The normalized spacial score (nSPS) is 23.6. The van der Waals surface area contributed by atoms with Crippen LogP contribution in [-0.2, 0) is 10.2 Å². The van der Waals surface area contributed by atoms with E-state index in [-0.39, 0.29) is 11.2 Å². The van der Waals surface area contributed by atoms with Gasteiger partial charge >= 0.3 is 0 Å². The van der Waals surface area contributed by atoms with Gasteiger partial charge in [-0.25, -0.2) is 4.39 Å². The topological polar surface area (TPSA) is 21.3 Å². The fourth-order valence-corrected chi connectivity index (χ4v) is 2.59. The summed E-state index contributed by atoms with van der Waals surface area (Å²) >= 11 is 0. The van der Waals surface area contributed by atoms with Gasteiger partial charge in [0.25, 0.3) is 0 Å². The summed E-state index contributed by atoms with van der Waals surface area (Å²) in [5, 5.41) is 3.30. The molecule has 1 N–H and O–H groups in total. The zero-order valence-corrected chi connectivity index (χ0v) is 9.42. The Morgan fingerprint density at radius 2 is 2.12 bits per heavy atom. The summed E-state index contributed by atoms with van der Waals surface area (Å²) in [5.74, 6) is 0.525. The molecule has 0 spiro atoms. The Kier molecular flexibility index (Phi) is 2.26. The molecule has 0 radical (unpaired) electrons. The van der Waals surface area contributed by atoms with E-state index in [0.717, 1.165) is 31.9 Å². The maximum atomic E-state index is 13.3. The quantitative estimate of drug-likeness (QED) is 0.819. The Labute approximate surface area is 94.8 Å². The van der Waals surface area contributed by atoms with E-state index >= 15 is 0 Å². The molecule has 0 bridgehead atoms. The summed E-state index contributed by atoms with van der Waals surface area (Å²) in [5.41, 5.74) is 2.11. The monoisotopic (exact) mass is 221 g/mol. The zero-order chi connectivity index (χ0) is 11.2. The molecule has 2 nitrogen and oxygen atoms in total. The zero-order valence-electron chi connectivity index (χ0n) is 9.42. The molecule has 3 rings (SSSR count). The van der Waals surface area contributed by atoms with Crippen molar-refractivity contribution < 1.29 is 9.13 Å². The first kappa shape index (κ1) is 10.2. The molecule has 0 amide bonds. The smallest absolute Gasteiger partial charge is 0.126 e. The van der Waals surface area contributed by atoms with Crippen molar-refractivity contribution in [1.29, 1.82) is 0 Å². The standard InChI is InChI=1S/C13H16FNO/c1-9-4-10(2-3-12(9)14)13(7-16-8-13)11-5-15-6-11/h2-4,11,15H,5-8H2,1H3. The van der Waals surface area contributed by atoms with Crippen LogP contribution in [0.1, 0.15) is 11.1 Å². The molecular formula is C13H16FNO. The SMILES string of the molecule is Cc1cc(C2(C3CNC3)COC2)ccc1F. The van der Waals surface area contributed by atoms with Crippen molar-refractivity contribution in [2.75, 3.05) is 26.3 Å². The molecule has 2 aliphatic rings. The highest BCUT2D eigenvalue weighted by Gasteiger charge is 2.49. The second-order valence-corrected chi connectivity index (χ2v) is 4.97. The summed E-state index contributed by atoms with van der Waals surface area (Å²) < 4.78 is 18.7. The molecule has 0 aromatic heterocycles. The van der Waals surface area contributed by atoms with Crippen LogP contribution in [0.15, 0.2) is 18.2 Å². The number of ether oxygens (including phenoxy) is 1. The summed E-state index contributed by atoms with van der Waals surface area (Å²) in [4.78, 5) is 0. The Hall–Kier alpha value is -0.930. The van der Waals surface area contributed by atoms with Gasteiger partial charge in [0.05, 0.1) is 13.2 Å². The lowest BCUT2D eigenvalue weighted by molar-refractivity contribution is -0.101. The first-order valence-corrected chi connectivity index (χ1v) is 5.77. The lowest BCUT2D eigenvalue weighted by Crippen LogP contribution is -2.62. The molecule has 0 unspecified atom stereocenters. The van der Waals surface area contributed by atoms with Crippen molar-refractivity contribution in [3.05, 3.63) is 35.1 Å². The molecule has 2 heterocycles. The van der Waals surface area contributed by atoms with Gasteiger partial charge in [-0.2, -0.15) is 0 Å². The maximum Gasteiger partial charge on any atom is 0.126 e. The van der Waals surface area contributed by atoms with Gasteiger partial charge in [-0.1, -0.05) is 12.1 Å². The number of rotatable bonds is 2. The van der Waals surface area contributed by atoms with Crippen LogP contribution in [0.2, 0.25) is 0 Å². The van der Waals surface area contributed by atoms with E-state index in [1.807, 2.05) is 19.1 Å². The highest BCUT2D eigenvalue weighted by atomic mass is 19.1. The third-order valence-electron chi connectivity index (χ3n) is 4.02. The van der Waals surface area contributed by atoms with Crippen molar-refractivity contribution >= 4 is 0 Å². The van der Waals surface area contributed by atoms with Crippen LogP contribution in [0.4, 0.5) is 4.39 Å². The van der Waals surface area contributed by atoms with Crippen LogP contribution < -0.4 is 5.32 Å². The molecule has 2 saturated heterocycles. The fraction of sp³-hybridized carbons (Fsp3) is 0.538. The molecule has 0 saturated carbocycles. The van der Waals surface area contributed by atoms with Crippen molar-refractivity contribution in [3.63, 3.8) is 0 Å². The first-order chi connectivity index (χ1) is 7.72. The van der Waals surface area contributed by atoms with Crippen LogP contribution in [0.25, 0.3) is 0 Å². The van der Waals surface area contributed by atoms with Gasteiger partial charge in [-0.15, -0.1) is 0 Å². The van der Waals surface area contributed by atoms with Crippen molar-refractivity contribution in [3.8, 4) is 0 Å². The average Bonchev–Trinajstić information content (AvgIpc) is 2.13. The number of benzene rings is 1. The van der Waals surface area contributed by atoms with Crippen LogP contribution in [-0.4, -0.2) is 26.3 Å². The van der Waals surface area contributed by atoms with Crippen LogP contribution >= 0.6 is 0 Å². The highest BCUT2D eigenvalue weighted by molar-refractivity contribution is 5.34. The number of hydrogen-bond donors (Lipinski definition) is 1. The van der Waals surface area contributed by atoms with Crippen molar-refractivity contribution in [2.45, 2.75) is 12.3 Å². The summed E-state index contributed by atoms with van der Waals surface area (Å²) in [7, 11) is 0. The molecule has 1 aromatic carbocycles. The minimum absolute atomic E-state index is 0.120. The first-order valence-electron chi connectivity index (χ1n) is 5.77. The van der Waals surface area contributed by atoms with Gasteiger partial charge in [0, 0.05) is 18.5 Å². The van der Waals surface area contributed by atoms with Crippen LogP contribution in [0.5, 0.6) is 0 Å². The number of halogens is 1. The molecule has 3 heteroatoms. The third-order valence-corrected chi connectivity index (χ3v) is 4.02. The van der Waals surface area contributed by atoms with E-state index in [0.29, 0.717) is 5.92 Å². The summed E-state index contributed by atoms with van der Waals surface area (Å²) in [6.07, 6.45) is 0. The van der Waals surface area contributed by atoms with E-state index in [1.54, 1.807) is 6.07 Å². The van der Waals surface area contributed by atoms with E-state index in [1.165, 1.54) is 5.56 Å². The second-order valence-electron chi connectivity index (χ2n) is 4.97. The predicted octanol–water partition coefficient (Wildman–Crippen LogP) is 1.62. The van der Waals surface area contributed by atoms with E-state index < -0.39 is 0 Å². The van der Waals surface area contributed by atoms with Crippen LogP contribution in [0.3, 0.4) is 0 Å². The van der Waals surface area contributed by atoms with Crippen LogP contribution in [0, 0.1) is 18.7 Å². The number of aryl methyl sites for hydroxylation is 1. The molecule has 2 aliphatic heterocycles. The van der Waals surface area contributed by atoms with E-state index in [9.17, 15) is 4.39 Å². The van der Waals surface area contributed by atoms with Gasteiger partial charge in [0.1, 0.15) is 5.82 Å². The minimum atomic E-state index is -0.120. The van der Waals surface area contributed by atoms with E-state index in [2.05, 4.69) is 5.32 Å². The predicted molar refractivity (Wildman–Crippen MR) is 60.0 cm³/mol. The van der Waals surface area contributed by atoms with E-state index in [4.69, 9.17) is 4.74 Å². The molecule has 0 atom stereocenters. The van der Waals surface area contributed by atoms with Gasteiger partial charge in [0.2, 0.25) is 0 Å².